The zero-order valence-electron chi connectivity index (χ0n) is 26.0. The Balaban J connectivity index is 1.61. The minimum absolute atomic E-state index is 0.0131. The Bertz CT molecular complexity index is 1690. The van der Waals surface area contributed by atoms with Crippen LogP contribution in [0.2, 0.25) is 0 Å². The number of hydrogen-bond acceptors (Lipinski definition) is 7. The van der Waals surface area contributed by atoms with E-state index < -0.39 is 17.7 Å². The van der Waals surface area contributed by atoms with E-state index in [1.165, 1.54) is 0 Å². The van der Waals surface area contributed by atoms with Crippen molar-refractivity contribution in [2.45, 2.75) is 47.3 Å². The number of aliphatic hydroxyl groups is 1. The fraction of sp³-hybridized carbons (Fsp3) is 0.343. The lowest BCUT2D eigenvalue weighted by Gasteiger charge is -2.28. The smallest absolute Gasteiger partial charge is 0.295 e. The Morgan fingerprint density at radius 3 is 2.39 bits per heavy atom. The molecule has 1 N–H and O–H groups in total. The Morgan fingerprint density at radius 2 is 1.70 bits per heavy atom. The van der Waals surface area contributed by atoms with Crippen LogP contribution in [0.3, 0.4) is 0 Å². The number of aliphatic hydroxyl groups excluding tert-OH is 1. The molecule has 44 heavy (non-hydrogen) atoms. The number of amides is 1. The van der Waals surface area contributed by atoms with Crippen molar-refractivity contribution in [2.75, 3.05) is 32.8 Å². The van der Waals surface area contributed by atoms with Gasteiger partial charge in [-0.05, 0) is 68.8 Å². The van der Waals surface area contributed by atoms with Gasteiger partial charge in [0.1, 0.15) is 17.9 Å². The summed E-state index contributed by atoms with van der Waals surface area (Å²) in [6.45, 7) is 13.1. The number of aromatic nitrogens is 2. The number of pyridine rings is 1. The molecule has 0 saturated carbocycles. The molecule has 1 saturated heterocycles. The van der Waals surface area contributed by atoms with Gasteiger partial charge in [0.15, 0.2) is 17.3 Å². The molecule has 9 nitrogen and oxygen atoms in total. The molecule has 9 heteroatoms. The molecule has 230 valence electrons. The number of likely N-dealkylation sites (tertiary alicyclic amines) is 1. The number of Topliss-reactive ketones (excluding diaryl/α,β-unsaturated/α-hetero) is 1. The van der Waals surface area contributed by atoms with E-state index in [9.17, 15) is 14.7 Å². The van der Waals surface area contributed by atoms with Crippen LogP contribution in [-0.4, -0.2) is 68.8 Å². The highest BCUT2D eigenvalue weighted by atomic mass is 16.5. The highest BCUT2D eigenvalue weighted by Crippen LogP contribution is 2.42. The fourth-order valence-electron chi connectivity index (χ4n) is 5.74. The standard InChI is InChI=1S/C35H40N4O5/c1-6-37(7-2)19-20-39-31(26-16-17-27(28(21-26)43-8-3)44-22-25-14-10-9-11-15-25)29(33(41)35(39)42)32(40)30-24(5)38-18-12-13-23(4)34(38)36-30/h9-18,21,31,40H,6-8,19-20,22H2,1-5H3. The first kappa shape index (κ1) is 30.8. The van der Waals surface area contributed by atoms with Gasteiger partial charge in [0, 0.05) is 19.3 Å². The molecule has 1 aliphatic heterocycles. The largest absolute Gasteiger partial charge is 0.505 e. The van der Waals surface area contributed by atoms with Gasteiger partial charge in [-0.15, -0.1) is 0 Å². The lowest BCUT2D eigenvalue weighted by atomic mass is 9.96. The highest BCUT2D eigenvalue weighted by molar-refractivity contribution is 6.46. The van der Waals surface area contributed by atoms with Gasteiger partial charge >= 0.3 is 0 Å². The zero-order chi connectivity index (χ0) is 31.4. The summed E-state index contributed by atoms with van der Waals surface area (Å²) in [5.41, 5.74) is 4.22. The molecule has 5 rings (SSSR count). The van der Waals surface area contributed by atoms with E-state index >= 15 is 0 Å². The van der Waals surface area contributed by atoms with E-state index in [1.807, 2.05) is 79.9 Å². The zero-order valence-corrected chi connectivity index (χ0v) is 26.0. The molecule has 1 amide bonds. The SMILES string of the molecule is CCOc1cc(C2C(=C(O)c3nc4c(C)cccn4c3C)C(=O)C(=O)N2CCN(CC)CC)ccc1OCc1ccccc1. The van der Waals surface area contributed by atoms with Gasteiger partial charge in [0.25, 0.3) is 11.7 Å². The number of fused-ring (bicyclic) bond motifs is 1. The van der Waals surface area contributed by atoms with Crippen molar-refractivity contribution in [3.8, 4) is 11.5 Å². The fourth-order valence-corrected chi connectivity index (χ4v) is 5.74. The Morgan fingerprint density at radius 1 is 0.955 bits per heavy atom. The average Bonchev–Trinajstić information content (AvgIpc) is 3.51. The number of aryl methyl sites for hydroxylation is 2. The maximum atomic E-state index is 13.7. The third-order valence-electron chi connectivity index (χ3n) is 8.22. The second-order valence-electron chi connectivity index (χ2n) is 10.9. The Kier molecular flexibility index (Phi) is 9.35. The summed E-state index contributed by atoms with van der Waals surface area (Å²) >= 11 is 0. The van der Waals surface area contributed by atoms with E-state index in [0.29, 0.717) is 54.7 Å². The summed E-state index contributed by atoms with van der Waals surface area (Å²) < 4.78 is 14.0. The first-order chi connectivity index (χ1) is 21.3. The second kappa shape index (κ2) is 13.3. The van der Waals surface area contributed by atoms with Crippen LogP contribution in [0, 0.1) is 13.8 Å². The van der Waals surface area contributed by atoms with Crippen LogP contribution in [-0.2, 0) is 16.2 Å². The lowest BCUT2D eigenvalue weighted by molar-refractivity contribution is -0.140. The average molecular weight is 597 g/mol. The molecule has 3 heterocycles. The molecule has 0 aliphatic carbocycles. The summed E-state index contributed by atoms with van der Waals surface area (Å²) in [6.07, 6.45) is 1.87. The van der Waals surface area contributed by atoms with Crippen LogP contribution in [0.4, 0.5) is 0 Å². The van der Waals surface area contributed by atoms with E-state index in [-0.39, 0.29) is 17.0 Å². The summed E-state index contributed by atoms with van der Waals surface area (Å²) in [7, 11) is 0. The molecule has 2 aromatic carbocycles. The second-order valence-corrected chi connectivity index (χ2v) is 10.9. The van der Waals surface area contributed by atoms with Gasteiger partial charge < -0.3 is 28.8 Å². The van der Waals surface area contributed by atoms with E-state index in [2.05, 4.69) is 18.7 Å². The molecule has 0 bridgehead atoms. The molecule has 4 aromatic rings. The van der Waals surface area contributed by atoms with Crippen LogP contribution in [0.15, 0.2) is 72.4 Å². The van der Waals surface area contributed by atoms with Crippen LogP contribution in [0.25, 0.3) is 11.4 Å². The number of nitrogens with zero attached hydrogens (tertiary/aromatic N) is 4. The third kappa shape index (κ3) is 5.92. The summed E-state index contributed by atoms with van der Waals surface area (Å²) in [4.78, 5) is 35.8. The molecule has 1 atom stereocenters. The monoisotopic (exact) mass is 596 g/mol. The van der Waals surface area contributed by atoms with Crippen molar-refractivity contribution in [3.05, 3.63) is 101 Å². The number of likely N-dealkylation sites (N-methyl/N-ethyl adjacent to an activating group) is 1. The van der Waals surface area contributed by atoms with Crippen LogP contribution >= 0.6 is 0 Å². The number of imidazole rings is 1. The highest BCUT2D eigenvalue weighted by Gasteiger charge is 2.46. The van der Waals surface area contributed by atoms with Crippen molar-refractivity contribution in [3.63, 3.8) is 0 Å². The maximum absolute atomic E-state index is 13.7. The van der Waals surface area contributed by atoms with Crippen molar-refractivity contribution in [2.24, 2.45) is 0 Å². The molecule has 2 aromatic heterocycles. The molecule has 1 unspecified atom stereocenters. The molecule has 1 fully saturated rings. The number of hydrogen-bond donors (Lipinski definition) is 1. The van der Waals surface area contributed by atoms with Gasteiger partial charge in [-0.25, -0.2) is 4.98 Å². The summed E-state index contributed by atoms with van der Waals surface area (Å²) in [5, 5.41) is 11.8. The van der Waals surface area contributed by atoms with Gasteiger partial charge in [-0.1, -0.05) is 56.3 Å². The first-order valence-electron chi connectivity index (χ1n) is 15.2. The Hall–Kier alpha value is -4.63. The van der Waals surface area contributed by atoms with Gasteiger partial charge in [-0.2, -0.15) is 0 Å². The van der Waals surface area contributed by atoms with E-state index in [1.54, 1.807) is 17.0 Å². The first-order valence-corrected chi connectivity index (χ1v) is 15.2. The lowest BCUT2D eigenvalue weighted by Crippen LogP contribution is -2.38. The van der Waals surface area contributed by atoms with Crippen LogP contribution in [0.5, 0.6) is 11.5 Å². The van der Waals surface area contributed by atoms with Gasteiger partial charge in [0.2, 0.25) is 0 Å². The predicted octanol–water partition coefficient (Wildman–Crippen LogP) is 5.69. The molecular weight excluding hydrogens is 556 g/mol. The quantitative estimate of drug-likeness (QED) is 0.127. The molecule has 0 spiro atoms. The minimum Gasteiger partial charge on any atom is -0.505 e. The molecule has 1 aliphatic rings. The minimum atomic E-state index is -0.835. The van der Waals surface area contributed by atoms with Gasteiger partial charge in [-0.3, -0.25) is 9.59 Å². The predicted molar refractivity (Wildman–Crippen MR) is 170 cm³/mol. The van der Waals surface area contributed by atoms with Crippen molar-refractivity contribution in [1.29, 1.82) is 0 Å². The normalized spacial score (nSPS) is 16.3. The maximum Gasteiger partial charge on any atom is 0.295 e. The summed E-state index contributed by atoms with van der Waals surface area (Å²) in [5.74, 6) is -0.631. The van der Waals surface area contributed by atoms with Crippen molar-refractivity contribution in [1.82, 2.24) is 19.2 Å². The van der Waals surface area contributed by atoms with E-state index in [4.69, 9.17) is 14.5 Å². The molecule has 0 radical (unpaired) electrons. The van der Waals surface area contributed by atoms with Crippen LogP contribution < -0.4 is 9.47 Å². The van der Waals surface area contributed by atoms with Crippen molar-refractivity contribution >= 4 is 23.1 Å². The number of rotatable bonds is 12. The Labute approximate surface area is 258 Å². The van der Waals surface area contributed by atoms with Crippen LogP contribution in [0.1, 0.15) is 54.9 Å². The molecular formula is C35H40N4O5. The topological polar surface area (TPSA) is 96.6 Å². The van der Waals surface area contributed by atoms with Crippen molar-refractivity contribution < 1.29 is 24.2 Å². The van der Waals surface area contributed by atoms with E-state index in [0.717, 1.165) is 24.2 Å². The summed E-state index contributed by atoms with van der Waals surface area (Å²) in [6, 6.07) is 18.3. The van der Waals surface area contributed by atoms with Gasteiger partial charge in [0.05, 0.1) is 23.9 Å². The number of carbonyl (C=O) groups excluding carboxylic acids is 2. The number of ketones is 1. The number of ether oxygens (including phenoxy) is 2. The third-order valence-corrected chi connectivity index (χ3v) is 8.22. The number of benzene rings is 2. The number of carbonyl (C=O) groups is 2.